The molecular weight excluding hydrogens is 312 g/mol. The molecule has 1 N–H and O–H groups in total. The van der Waals surface area contributed by atoms with E-state index in [0.29, 0.717) is 12.0 Å². The molecule has 0 spiro atoms. The molecule has 1 aliphatic rings. The van der Waals surface area contributed by atoms with E-state index in [1.807, 2.05) is 19.1 Å². The number of aromatic nitrogens is 1. The monoisotopic (exact) mass is 342 g/mol. The maximum atomic E-state index is 5.54. The first kappa shape index (κ1) is 18.0. The van der Waals surface area contributed by atoms with E-state index in [2.05, 4.69) is 29.4 Å². The first-order chi connectivity index (χ1) is 12.1. The van der Waals surface area contributed by atoms with E-state index in [0.717, 1.165) is 40.6 Å². The largest absolute Gasteiger partial charge is 0.494 e. The molecule has 136 valence electrons. The van der Waals surface area contributed by atoms with E-state index < -0.39 is 0 Å². The van der Waals surface area contributed by atoms with Gasteiger partial charge in [-0.3, -0.25) is 0 Å². The van der Waals surface area contributed by atoms with Gasteiger partial charge < -0.3 is 14.8 Å². The third kappa shape index (κ3) is 4.06. The van der Waals surface area contributed by atoms with Crippen LogP contribution in [0.15, 0.2) is 24.3 Å². The van der Waals surface area contributed by atoms with Crippen molar-refractivity contribution < 1.29 is 9.47 Å². The summed E-state index contributed by atoms with van der Waals surface area (Å²) in [5.41, 5.74) is 3.04. The quantitative estimate of drug-likeness (QED) is 0.818. The second-order valence-electron chi connectivity index (χ2n) is 7.39. The molecule has 1 fully saturated rings. The van der Waals surface area contributed by atoms with Crippen LogP contribution >= 0.6 is 0 Å². The van der Waals surface area contributed by atoms with Crippen molar-refractivity contribution in [1.29, 1.82) is 0 Å². The van der Waals surface area contributed by atoms with Crippen molar-refractivity contribution in [1.82, 2.24) is 4.98 Å². The van der Waals surface area contributed by atoms with Gasteiger partial charge in [0.2, 0.25) is 0 Å². The van der Waals surface area contributed by atoms with Crippen LogP contribution in [0.2, 0.25) is 0 Å². The highest BCUT2D eigenvalue weighted by atomic mass is 16.5. The molecule has 4 heteroatoms. The van der Waals surface area contributed by atoms with Crippen LogP contribution in [-0.4, -0.2) is 31.9 Å². The number of fused-ring (bicyclic) bond motifs is 1. The fourth-order valence-corrected chi connectivity index (χ4v) is 4.00. The molecule has 1 aromatic carbocycles. The van der Waals surface area contributed by atoms with Crippen LogP contribution in [0.5, 0.6) is 5.75 Å². The number of pyridine rings is 1. The van der Waals surface area contributed by atoms with E-state index in [4.69, 9.17) is 9.47 Å². The summed E-state index contributed by atoms with van der Waals surface area (Å²) in [5.74, 6) is 2.33. The number of hydrogen-bond donors (Lipinski definition) is 1. The Balaban J connectivity index is 1.91. The van der Waals surface area contributed by atoms with Crippen LogP contribution in [0.4, 0.5) is 5.69 Å². The number of anilines is 1. The van der Waals surface area contributed by atoms with Crippen molar-refractivity contribution in [3.8, 4) is 5.75 Å². The maximum Gasteiger partial charge on any atom is 0.145 e. The lowest BCUT2D eigenvalue weighted by Crippen LogP contribution is -2.35. The maximum absolute atomic E-state index is 5.54. The number of aryl methyl sites for hydroxylation is 1. The molecule has 4 nitrogen and oxygen atoms in total. The molecule has 25 heavy (non-hydrogen) atoms. The molecule has 1 unspecified atom stereocenters. The number of benzene rings is 1. The molecule has 2 aromatic rings. The summed E-state index contributed by atoms with van der Waals surface area (Å²) in [5, 5.41) is 4.89. The normalized spacial score (nSPS) is 21.9. The molecule has 1 aromatic heterocycles. The fraction of sp³-hybridized carbons (Fsp3) is 0.571. The van der Waals surface area contributed by atoms with Crippen LogP contribution in [0, 0.1) is 18.8 Å². The Morgan fingerprint density at radius 2 is 1.96 bits per heavy atom. The Morgan fingerprint density at radius 1 is 1.20 bits per heavy atom. The first-order valence-electron chi connectivity index (χ1n) is 9.32. The van der Waals surface area contributed by atoms with Gasteiger partial charge in [0.15, 0.2) is 0 Å². The summed E-state index contributed by atoms with van der Waals surface area (Å²) in [6, 6.07) is 8.56. The molecule has 1 heterocycles. The van der Waals surface area contributed by atoms with E-state index in [-0.39, 0.29) is 0 Å². The lowest BCUT2D eigenvalue weighted by atomic mass is 9.79. The van der Waals surface area contributed by atoms with Crippen molar-refractivity contribution in [2.75, 3.05) is 26.1 Å². The van der Waals surface area contributed by atoms with Crippen LogP contribution < -0.4 is 10.1 Å². The van der Waals surface area contributed by atoms with Gasteiger partial charge in [0, 0.05) is 23.9 Å². The molecule has 3 rings (SSSR count). The van der Waals surface area contributed by atoms with Gasteiger partial charge in [0.1, 0.15) is 11.3 Å². The average Bonchev–Trinajstić information content (AvgIpc) is 2.61. The fourth-order valence-electron chi connectivity index (χ4n) is 4.00. The molecule has 0 saturated heterocycles. The highest BCUT2D eigenvalue weighted by Crippen LogP contribution is 2.34. The van der Waals surface area contributed by atoms with Crippen LogP contribution in [-0.2, 0) is 4.74 Å². The summed E-state index contributed by atoms with van der Waals surface area (Å²) in [7, 11) is 3.49. The van der Waals surface area contributed by atoms with Gasteiger partial charge in [-0.15, -0.1) is 0 Å². The summed E-state index contributed by atoms with van der Waals surface area (Å²) in [6.07, 6.45) is 5.17. The molecular formula is C21H30N2O2. The van der Waals surface area contributed by atoms with Crippen LogP contribution in [0.25, 0.3) is 10.9 Å². The molecule has 0 amide bonds. The zero-order valence-corrected chi connectivity index (χ0v) is 15.8. The number of methoxy groups -OCH3 is 2. The second-order valence-corrected chi connectivity index (χ2v) is 7.39. The molecule has 0 bridgehead atoms. The van der Waals surface area contributed by atoms with Crippen LogP contribution in [0.3, 0.4) is 0 Å². The van der Waals surface area contributed by atoms with E-state index in [1.54, 1.807) is 14.2 Å². The topological polar surface area (TPSA) is 43.4 Å². The van der Waals surface area contributed by atoms with Gasteiger partial charge in [-0.05, 0) is 43.7 Å². The highest BCUT2D eigenvalue weighted by Gasteiger charge is 2.26. The number of para-hydroxylation sites is 1. The number of nitrogens with zero attached hydrogens (tertiary/aromatic N) is 1. The van der Waals surface area contributed by atoms with Crippen molar-refractivity contribution in [3.05, 3.63) is 30.0 Å². The van der Waals surface area contributed by atoms with E-state index in [1.165, 1.54) is 25.7 Å². The third-order valence-corrected chi connectivity index (χ3v) is 5.47. The summed E-state index contributed by atoms with van der Waals surface area (Å²) >= 11 is 0. The lowest BCUT2D eigenvalue weighted by molar-refractivity contribution is 0.144. The third-order valence-electron chi connectivity index (χ3n) is 5.47. The zero-order chi connectivity index (χ0) is 17.8. The molecule has 0 aliphatic heterocycles. The van der Waals surface area contributed by atoms with Crippen molar-refractivity contribution in [3.63, 3.8) is 0 Å². The first-order valence-corrected chi connectivity index (χ1v) is 9.32. The van der Waals surface area contributed by atoms with Crippen molar-refractivity contribution in [2.45, 2.75) is 45.6 Å². The lowest BCUT2D eigenvalue weighted by Gasteiger charge is -2.33. The second kappa shape index (κ2) is 8.05. The molecule has 1 atom stereocenters. The van der Waals surface area contributed by atoms with E-state index in [9.17, 15) is 0 Å². The molecule has 0 radical (unpaired) electrons. The number of nitrogens with one attached hydrogen (secondary N) is 1. The summed E-state index contributed by atoms with van der Waals surface area (Å²) < 4.78 is 11.0. The van der Waals surface area contributed by atoms with Gasteiger partial charge in [0.05, 0.1) is 19.8 Å². The predicted molar refractivity (Wildman–Crippen MR) is 103 cm³/mol. The minimum absolute atomic E-state index is 0.328. The van der Waals surface area contributed by atoms with Crippen LogP contribution in [0.1, 0.15) is 38.3 Å². The smallest absolute Gasteiger partial charge is 0.145 e. The number of ether oxygens (including phenoxy) is 2. The number of rotatable bonds is 6. The molecule has 1 aliphatic carbocycles. The average molecular weight is 342 g/mol. The minimum atomic E-state index is 0.328. The highest BCUT2D eigenvalue weighted by molar-refractivity contribution is 5.95. The SMILES string of the molecule is COCC(Nc1cc(C)nc2c(OC)cccc12)C1CCC(C)CC1. The van der Waals surface area contributed by atoms with Gasteiger partial charge in [-0.2, -0.15) is 0 Å². The number of hydrogen-bond acceptors (Lipinski definition) is 4. The van der Waals surface area contributed by atoms with Gasteiger partial charge in [-0.25, -0.2) is 4.98 Å². The van der Waals surface area contributed by atoms with Gasteiger partial charge in [-0.1, -0.05) is 31.9 Å². The summed E-state index contributed by atoms with van der Waals surface area (Å²) in [4.78, 5) is 4.69. The Hall–Kier alpha value is -1.81. The Labute approximate surface area is 150 Å². The minimum Gasteiger partial charge on any atom is -0.494 e. The van der Waals surface area contributed by atoms with Gasteiger partial charge >= 0.3 is 0 Å². The summed E-state index contributed by atoms with van der Waals surface area (Å²) in [6.45, 7) is 5.12. The standard InChI is InChI=1S/C21H30N2O2/c1-14-8-10-16(11-9-14)19(13-24-3)23-18-12-15(2)22-21-17(18)6-5-7-20(21)25-4/h5-7,12,14,16,19H,8-11,13H2,1-4H3,(H,22,23). The van der Waals surface area contributed by atoms with Gasteiger partial charge in [0.25, 0.3) is 0 Å². The van der Waals surface area contributed by atoms with Crippen molar-refractivity contribution in [2.24, 2.45) is 11.8 Å². The Bertz CT molecular complexity index is 708. The Kier molecular flexibility index (Phi) is 5.79. The molecule has 1 saturated carbocycles. The predicted octanol–water partition coefficient (Wildman–Crippen LogP) is 4.81. The Morgan fingerprint density at radius 3 is 2.64 bits per heavy atom. The van der Waals surface area contributed by atoms with Crippen molar-refractivity contribution >= 4 is 16.6 Å². The zero-order valence-electron chi connectivity index (χ0n) is 15.8. The van der Waals surface area contributed by atoms with E-state index >= 15 is 0 Å².